The summed E-state index contributed by atoms with van der Waals surface area (Å²) in [5.74, 6) is 2.58. The van der Waals surface area contributed by atoms with Crippen LogP contribution < -0.4 is 9.47 Å². The molecule has 2 aromatic carbocycles. The molecule has 4 rings (SSSR count). The molecule has 1 fully saturated rings. The molecule has 0 spiro atoms. The van der Waals surface area contributed by atoms with E-state index in [1.807, 2.05) is 23.1 Å². The summed E-state index contributed by atoms with van der Waals surface area (Å²) in [6.07, 6.45) is 0. The van der Waals surface area contributed by atoms with E-state index in [1.54, 1.807) is 32.4 Å². The van der Waals surface area contributed by atoms with Gasteiger partial charge in [0.25, 0.3) is 5.91 Å². The number of aromatic nitrogens is 2. The predicted octanol–water partition coefficient (Wildman–Crippen LogP) is 3.87. The van der Waals surface area contributed by atoms with E-state index < -0.39 is 0 Å². The van der Waals surface area contributed by atoms with Gasteiger partial charge in [0.15, 0.2) is 11.5 Å². The fourth-order valence-corrected chi connectivity index (χ4v) is 3.79. The van der Waals surface area contributed by atoms with E-state index in [4.69, 9.17) is 14.5 Å². The number of hydrogen-bond donors (Lipinski definition) is 0. The Morgan fingerprint density at radius 2 is 1.79 bits per heavy atom. The summed E-state index contributed by atoms with van der Waals surface area (Å²) in [7, 11) is 3.16. The summed E-state index contributed by atoms with van der Waals surface area (Å²) in [5.41, 5.74) is 2.75. The van der Waals surface area contributed by atoms with E-state index >= 15 is 0 Å². The van der Waals surface area contributed by atoms with Crippen molar-refractivity contribution in [3.8, 4) is 11.5 Å². The molecule has 0 atom stereocenters. The predicted molar refractivity (Wildman–Crippen MR) is 108 cm³/mol. The fraction of sp³-hybridized carbons (Fsp3) is 0.364. The summed E-state index contributed by atoms with van der Waals surface area (Å²) in [5, 5.41) is 0. The first-order valence-corrected chi connectivity index (χ1v) is 9.51. The lowest BCUT2D eigenvalue weighted by Crippen LogP contribution is -2.51. The van der Waals surface area contributed by atoms with Crippen LogP contribution in [0.3, 0.4) is 0 Å². The molecule has 0 unspecified atom stereocenters. The van der Waals surface area contributed by atoms with Gasteiger partial charge in [-0.25, -0.2) is 4.98 Å². The Labute approximate surface area is 164 Å². The van der Waals surface area contributed by atoms with Crippen LogP contribution in [0.4, 0.5) is 0 Å². The largest absolute Gasteiger partial charge is 0.493 e. The van der Waals surface area contributed by atoms with Gasteiger partial charge in [-0.3, -0.25) is 4.79 Å². The minimum atomic E-state index is 0.00715. The highest BCUT2D eigenvalue weighted by Gasteiger charge is 2.35. The summed E-state index contributed by atoms with van der Waals surface area (Å²) >= 11 is 0. The lowest BCUT2D eigenvalue weighted by Gasteiger charge is -2.41. The van der Waals surface area contributed by atoms with Crippen LogP contribution in [0.5, 0.6) is 11.5 Å². The van der Waals surface area contributed by atoms with Gasteiger partial charge in [-0.1, -0.05) is 26.0 Å². The van der Waals surface area contributed by atoms with Gasteiger partial charge in [-0.05, 0) is 30.3 Å². The van der Waals surface area contributed by atoms with Gasteiger partial charge in [-0.15, -0.1) is 0 Å². The highest BCUT2D eigenvalue weighted by Crippen LogP contribution is 2.33. The Hall–Kier alpha value is -3.02. The zero-order chi connectivity index (χ0) is 19.8. The van der Waals surface area contributed by atoms with Crippen molar-refractivity contribution >= 4 is 16.9 Å². The van der Waals surface area contributed by atoms with Crippen LogP contribution in [-0.4, -0.2) is 47.7 Å². The minimum absolute atomic E-state index is 0.00715. The molecule has 6 nitrogen and oxygen atoms in total. The van der Waals surface area contributed by atoms with Crippen LogP contribution in [-0.2, 0) is 0 Å². The van der Waals surface area contributed by atoms with Crippen molar-refractivity contribution in [2.75, 3.05) is 27.3 Å². The van der Waals surface area contributed by atoms with E-state index in [2.05, 4.69) is 24.5 Å². The molecule has 1 saturated heterocycles. The molecule has 0 N–H and O–H groups in total. The van der Waals surface area contributed by atoms with Crippen molar-refractivity contribution in [3.63, 3.8) is 0 Å². The molecule has 3 aromatic rings. The second-order valence-corrected chi connectivity index (χ2v) is 7.42. The molecule has 1 aromatic heterocycles. The van der Waals surface area contributed by atoms with Gasteiger partial charge in [0, 0.05) is 24.6 Å². The number of imidazole rings is 1. The van der Waals surface area contributed by atoms with Gasteiger partial charge in [-0.2, -0.15) is 0 Å². The van der Waals surface area contributed by atoms with Gasteiger partial charge in [0.1, 0.15) is 5.82 Å². The second kappa shape index (κ2) is 7.19. The van der Waals surface area contributed by atoms with E-state index in [0.29, 0.717) is 36.1 Å². The Balaban J connectivity index is 1.56. The monoisotopic (exact) mass is 379 g/mol. The lowest BCUT2D eigenvalue weighted by molar-refractivity contribution is 0.0521. The number of ether oxygens (including phenoxy) is 2. The van der Waals surface area contributed by atoms with Crippen LogP contribution in [0.25, 0.3) is 11.0 Å². The van der Waals surface area contributed by atoms with Crippen LogP contribution in [0.2, 0.25) is 0 Å². The molecule has 146 valence electrons. The summed E-state index contributed by atoms with van der Waals surface area (Å²) in [6, 6.07) is 13.7. The first-order valence-electron chi connectivity index (χ1n) is 9.51. The van der Waals surface area contributed by atoms with Gasteiger partial charge < -0.3 is 18.9 Å². The molecule has 1 aliphatic rings. The van der Waals surface area contributed by atoms with E-state index in [9.17, 15) is 4.79 Å². The Morgan fingerprint density at radius 3 is 2.46 bits per heavy atom. The van der Waals surface area contributed by atoms with Crippen molar-refractivity contribution in [1.82, 2.24) is 14.5 Å². The van der Waals surface area contributed by atoms with Gasteiger partial charge in [0.2, 0.25) is 0 Å². The van der Waals surface area contributed by atoms with Crippen LogP contribution in [0.1, 0.15) is 42.0 Å². The zero-order valence-electron chi connectivity index (χ0n) is 16.7. The standard InChI is InChI=1S/C22H25N3O3/c1-14(2)21-23-17-7-5-6-8-18(17)25(21)16-12-24(13-16)22(26)15-9-10-19(27-3)20(11-15)28-4/h5-11,14,16H,12-13H2,1-4H3. The summed E-state index contributed by atoms with van der Waals surface area (Å²) in [6.45, 7) is 5.66. The second-order valence-electron chi connectivity index (χ2n) is 7.42. The fourth-order valence-electron chi connectivity index (χ4n) is 3.79. The SMILES string of the molecule is COc1ccc(C(=O)N2CC(n3c(C(C)C)nc4ccccc43)C2)cc1OC. The molecule has 6 heteroatoms. The average molecular weight is 379 g/mol. The molecule has 1 amide bonds. The third-order valence-electron chi connectivity index (χ3n) is 5.28. The number of fused-ring (bicyclic) bond motifs is 1. The van der Waals surface area contributed by atoms with E-state index in [-0.39, 0.29) is 11.9 Å². The third-order valence-corrected chi connectivity index (χ3v) is 5.28. The highest BCUT2D eigenvalue weighted by atomic mass is 16.5. The molecule has 0 saturated carbocycles. The topological polar surface area (TPSA) is 56.6 Å². The van der Waals surface area contributed by atoms with Crippen molar-refractivity contribution in [2.45, 2.75) is 25.8 Å². The zero-order valence-corrected chi connectivity index (χ0v) is 16.7. The van der Waals surface area contributed by atoms with Gasteiger partial charge >= 0.3 is 0 Å². The van der Waals surface area contributed by atoms with Crippen LogP contribution in [0, 0.1) is 0 Å². The Morgan fingerprint density at radius 1 is 1.07 bits per heavy atom. The molecule has 0 bridgehead atoms. The number of para-hydroxylation sites is 2. The number of methoxy groups -OCH3 is 2. The Bertz CT molecular complexity index is 1020. The minimum Gasteiger partial charge on any atom is -0.493 e. The maximum atomic E-state index is 12.9. The first kappa shape index (κ1) is 18.3. The molecule has 28 heavy (non-hydrogen) atoms. The molecule has 1 aliphatic heterocycles. The summed E-state index contributed by atoms with van der Waals surface area (Å²) < 4.78 is 12.9. The number of rotatable bonds is 5. The summed E-state index contributed by atoms with van der Waals surface area (Å²) in [4.78, 5) is 19.6. The van der Waals surface area contributed by atoms with Crippen molar-refractivity contribution < 1.29 is 14.3 Å². The molecular formula is C22H25N3O3. The van der Waals surface area contributed by atoms with Crippen LogP contribution >= 0.6 is 0 Å². The van der Waals surface area contributed by atoms with E-state index in [1.165, 1.54) is 0 Å². The molecule has 0 radical (unpaired) electrons. The van der Waals surface area contributed by atoms with E-state index in [0.717, 1.165) is 16.9 Å². The number of nitrogens with zero attached hydrogens (tertiary/aromatic N) is 3. The van der Waals surface area contributed by atoms with Crippen molar-refractivity contribution in [3.05, 3.63) is 53.9 Å². The average Bonchev–Trinajstić information content (AvgIpc) is 3.06. The molecule has 0 aliphatic carbocycles. The third kappa shape index (κ3) is 2.99. The van der Waals surface area contributed by atoms with Crippen LogP contribution in [0.15, 0.2) is 42.5 Å². The molecule has 2 heterocycles. The van der Waals surface area contributed by atoms with Crippen molar-refractivity contribution in [2.24, 2.45) is 0 Å². The Kier molecular flexibility index (Phi) is 4.71. The molecular weight excluding hydrogens is 354 g/mol. The number of likely N-dealkylation sites (tertiary alicyclic amines) is 1. The maximum absolute atomic E-state index is 12.9. The maximum Gasteiger partial charge on any atom is 0.254 e. The number of benzene rings is 2. The van der Waals surface area contributed by atoms with Crippen molar-refractivity contribution in [1.29, 1.82) is 0 Å². The first-order chi connectivity index (χ1) is 13.5. The lowest BCUT2D eigenvalue weighted by atomic mass is 10.0. The number of carbonyl (C=O) groups excluding carboxylic acids is 1. The number of carbonyl (C=O) groups is 1. The number of hydrogen-bond acceptors (Lipinski definition) is 4. The normalized spacial score (nSPS) is 14.4. The number of amides is 1. The van der Waals surface area contributed by atoms with Gasteiger partial charge in [0.05, 0.1) is 31.3 Å². The smallest absolute Gasteiger partial charge is 0.254 e. The quantitative estimate of drug-likeness (QED) is 0.675. The highest BCUT2D eigenvalue weighted by molar-refractivity contribution is 5.95.